The minimum Gasteiger partial charge on any atom is -0.397 e. The van der Waals surface area contributed by atoms with Gasteiger partial charge in [-0.3, -0.25) is 0 Å². The second-order valence-electron chi connectivity index (χ2n) is 6.29. The number of aryl methyl sites for hydroxylation is 1. The molecule has 19 heavy (non-hydrogen) atoms. The van der Waals surface area contributed by atoms with Gasteiger partial charge in [-0.05, 0) is 30.4 Å². The van der Waals surface area contributed by atoms with Gasteiger partial charge in [0.15, 0.2) is 0 Å². The number of nitrogen functional groups attached to an aromatic ring is 1. The number of aromatic nitrogens is 1. The molecule has 4 heteroatoms. The van der Waals surface area contributed by atoms with Crippen molar-refractivity contribution >= 4 is 32.9 Å². The van der Waals surface area contributed by atoms with Crippen molar-refractivity contribution in [3.05, 3.63) is 17.1 Å². The Morgan fingerprint density at radius 2 is 2.05 bits per heavy atom. The van der Waals surface area contributed by atoms with Crippen molar-refractivity contribution < 1.29 is 0 Å². The van der Waals surface area contributed by atoms with Crippen molar-refractivity contribution in [2.24, 2.45) is 11.3 Å². The zero-order valence-electron chi connectivity index (χ0n) is 12.4. The first kappa shape index (κ1) is 14.1. The Kier molecular flexibility index (Phi) is 3.72. The molecule has 1 heterocycles. The van der Waals surface area contributed by atoms with E-state index in [1.165, 1.54) is 0 Å². The van der Waals surface area contributed by atoms with Crippen LogP contribution in [0.3, 0.4) is 0 Å². The molecule has 0 saturated carbocycles. The second-order valence-corrected chi connectivity index (χ2v) is 7.52. The number of nitrogens with two attached hydrogens (primary N) is 1. The van der Waals surface area contributed by atoms with Crippen LogP contribution in [0.25, 0.3) is 10.2 Å². The van der Waals surface area contributed by atoms with Crippen LogP contribution in [0.15, 0.2) is 12.1 Å². The van der Waals surface area contributed by atoms with Crippen molar-refractivity contribution in [2.75, 3.05) is 17.6 Å². The smallest absolute Gasteiger partial charge is 0.0907 e. The van der Waals surface area contributed by atoms with E-state index in [2.05, 4.69) is 44.1 Å². The molecular formula is C15H23N3S. The van der Waals surface area contributed by atoms with Gasteiger partial charge in [0.05, 0.1) is 26.6 Å². The molecule has 0 spiro atoms. The fraction of sp³-hybridized carbons (Fsp3) is 0.533. The number of fused-ring (bicyclic) bond motifs is 1. The molecule has 0 amide bonds. The van der Waals surface area contributed by atoms with Crippen LogP contribution >= 0.6 is 11.3 Å². The van der Waals surface area contributed by atoms with Crippen LogP contribution in [0.2, 0.25) is 0 Å². The Bertz CT molecular complexity index is 581. The van der Waals surface area contributed by atoms with Gasteiger partial charge in [-0.1, -0.05) is 27.7 Å². The lowest BCUT2D eigenvalue weighted by molar-refractivity contribution is 0.274. The number of benzene rings is 1. The molecule has 0 aliphatic heterocycles. The highest BCUT2D eigenvalue weighted by atomic mass is 32.1. The highest BCUT2D eigenvalue weighted by Crippen LogP contribution is 2.31. The fourth-order valence-corrected chi connectivity index (χ4v) is 2.68. The monoisotopic (exact) mass is 277 g/mol. The summed E-state index contributed by atoms with van der Waals surface area (Å²) in [6.07, 6.45) is 0. The molecule has 0 fully saturated rings. The molecule has 2 rings (SSSR count). The summed E-state index contributed by atoms with van der Waals surface area (Å²) in [6, 6.07) is 4.08. The summed E-state index contributed by atoms with van der Waals surface area (Å²) in [6.45, 7) is 12.0. The van der Waals surface area contributed by atoms with Gasteiger partial charge >= 0.3 is 0 Å². The summed E-state index contributed by atoms with van der Waals surface area (Å²) in [5.41, 5.74) is 9.23. The van der Waals surface area contributed by atoms with E-state index >= 15 is 0 Å². The van der Waals surface area contributed by atoms with E-state index in [1.54, 1.807) is 11.3 Å². The molecule has 104 valence electrons. The van der Waals surface area contributed by atoms with Crippen LogP contribution < -0.4 is 11.1 Å². The predicted octanol–water partition coefficient (Wildman–Crippen LogP) is 4.28. The Labute approximate surface area is 119 Å². The SMILES string of the molecule is Cc1nc2cc(NCC(C)C(C)(C)C)c(N)cc2s1. The second kappa shape index (κ2) is 5.00. The summed E-state index contributed by atoms with van der Waals surface area (Å²) in [4.78, 5) is 4.51. The van der Waals surface area contributed by atoms with Gasteiger partial charge in [-0.2, -0.15) is 0 Å². The summed E-state index contributed by atoms with van der Waals surface area (Å²) in [5.74, 6) is 0.569. The predicted molar refractivity (Wildman–Crippen MR) is 85.9 cm³/mol. The first-order valence-corrected chi connectivity index (χ1v) is 7.49. The standard InChI is InChI=1S/C15H23N3S/c1-9(15(3,4)5)8-17-12-7-13-14(6-11(12)16)19-10(2)18-13/h6-7,9,17H,8,16H2,1-5H3. The molecule has 1 atom stereocenters. The van der Waals surface area contributed by atoms with Crippen molar-refractivity contribution in [3.63, 3.8) is 0 Å². The Morgan fingerprint density at radius 3 is 2.68 bits per heavy atom. The molecule has 1 aromatic carbocycles. The third-order valence-corrected chi connectivity index (χ3v) is 4.68. The number of nitrogens with one attached hydrogen (secondary N) is 1. The zero-order valence-corrected chi connectivity index (χ0v) is 13.2. The van der Waals surface area contributed by atoms with E-state index in [4.69, 9.17) is 5.73 Å². The minimum atomic E-state index is 0.295. The molecule has 3 N–H and O–H groups in total. The van der Waals surface area contributed by atoms with Gasteiger partial charge in [0, 0.05) is 6.54 Å². The zero-order chi connectivity index (χ0) is 14.2. The first-order chi connectivity index (χ1) is 8.77. The molecule has 3 nitrogen and oxygen atoms in total. The van der Waals surface area contributed by atoms with Crippen molar-refractivity contribution in [3.8, 4) is 0 Å². The molecule has 2 aromatic rings. The highest BCUT2D eigenvalue weighted by molar-refractivity contribution is 7.18. The average molecular weight is 277 g/mol. The van der Waals surface area contributed by atoms with Gasteiger partial charge in [-0.25, -0.2) is 4.98 Å². The molecule has 0 bridgehead atoms. The molecule has 0 aliphatic carbocycles. The van der Waals surface area contributed by atoms with Crippen molar-refractivity contribution in [1.82, 2.24) is 4.98 Å². The van der Waals surface area contributed by atoms with Crippen molar-refractivity contribution in [2.45, 2.75) is 34.6 Å². The fourth-order valence-electron chi connectivity index (χ4n) is 1.83. The molecule has 0 aliphatic rings. The van der Waals surface area contributed by atoms with E-state index in [0.29, 0.717) is 11.3 Å². The Hall–Kier alpha value is -1.29. The quantitative estimate of drug-likeness (QED) is 0.823. The maximum atomic E-state index is 6.11. The number of anilines is 2. The van der Waals surface area contributed by atoms with Gasteiger partial charge in [0.2, 0.25) is 0 Å². The lowest BCUT2D eigenvalue weighted by Gasteiger charge is -2.28. The Morgan fingerprint density at radius 1 is 1.37 bits per heavy atom. The van der Waals surface area contributed by atoms with E-state index in [1.807, 2.05) is 13.0 Å². The molecule has 1 aromatic heterocycles. The summed E-state index contributed by atoms with van der Waals surface area (Å²) < 4.78 is 1.16. The topological polar surface area (TPSA) is 50.9 Å². The highest BCUT2D eigenvalue weighted by Gasteiger charge is 2.19. The van der Waals surface area contributed by atoms with Gasteiger partial charge < -0.3 is 11.1 Å². The third-order valence-electron chi connectivity index (χ3n) is 3.74. The normalized spacial score (nSPS) is 13.7. The number of nitrogens with zero attached hydrogens (tertiary/aromatic N) is 1. The van der Waals surface area contributed by atoms with Crippen LogP contribution in [0.5, 0.6) is 0 Å². The van der Waals surface area contributed by atoms with Gasteiger partial charge in [0.1, 0.15) is 0 Å². The number of hydrogen-bond acceptors (Lipinski definition) is 4. The van der Waals surface area contributed by atoms with E-state index in [-0.39, 0.29) is 0 Å². The van der Waals surface area contributed by atoms with Crippen LogP contribution in [-0.2, 0) is 0 Å². The Balaban J connectivity index is 2.18. The third kappa shape index (κ3) is 3.18. The molecule has 0 radical (unpaired) electrons. The van der Waals surface area contributed by atoms with E-state index < -0.39 is 0 Å². The lowest BCUT2D eigenvalue weighted by Crippen LogP contribution is -2.25. The first-order valence-electron chi connectivity index (χ1n) is 6.68. The van der Waals surface area contributed by atoms with Crippen LogP contribution in [-0.4, -0.2) is 11.5 Å². The van der Waals surface area contributed by atoms with E-state index in [0.717, 1.165) is 33.1 Å². The largest absolute Gasteiger partial charge is 0.397 e. The minimum absolute atomic E-state index is 0.295. The molecular weight excluding hydrogens is 254 g/mol. The number of hydrogen-bond donors (Lipinski definition) is 2. The van der Waals surface area contributed by atoms with Crippen LogP contribution in [0, 0.1) is 18.3 Å². The summed E-state index contributed by atoms with van der Waals surface area (Å²) >= 11 is 1.68. The van der Waals surface area contributed by atoms with Crippen LogP contribution in [0.4, 0.5) is 11.4 Å². The van der Waals surface area contributed by atoms with Crippen molar-refractivity contribution in [1.29, 1.82) is 0 Å². The van der Waals surface area contributed by atoms with Crippen LogP contribution in [0.1, 0.15) is 32.7 Å². The number of thiazole rings is 1. The average Bonchev–Trinajstić information content (AvgIpc) is 2.63. The lowest BCUT2D eigenvalue weighted by atomic mass is 9.82. The summed E-state index contributed by atoms with van der Waals surface area (Å²) in [7, 11) is 0. The maximum absolute atomic E-state index is 6.11. The molecule has 1 unspecified atom stereocenters. The van der Waals surface area contributed by atoms with Gasteiger partial charge in [-0.15, -0.1) is 11.3 Å². The van der Waals surface area contributed by atoms with Gasteiger partial charge in [0.25, 0.3) is 0 Å². The number of rotatable bonds is 3. The molecule has 0 saturated heterocycles. The summed E-state index contributed by atoms with van der Waals surface area (Å²) in [5, 5.41) is 4.54. The van der Waals surface area contributed by atoms with E-state index in [9.17, 15) is 0 Å². The maximum Gasteiger partial charge on any atom is 0.0907 e.